The number of hydrogen-bond acceptors (Lipinski definition) is 3. The molecule has 15 heavy (non-hydrogen) atoms. The minimum absolute atomic E-state index is 0.171. The van der Waals surface area contributed by atoms with Crippen molar-refractivity contribution in [2.24, 2.45) is 0 Å². The molecular formula is C11H13ClO3. The van der Waals surface area contributed by atoms with Gasteiger partial charge in [0.25, 0.3) is 0 Å². The highest BCUT2D eigenvalue weighted by Gasteiger charge is 2.05. The van der Waals surface area contributed by atoms with Crippen molar-refractivity contribution in [3.05, 3.63) is 29.3 Å². The molecule has 0 aliphatic heterocycles. The fourth-order valence-corrected chi connectivity index (χ4v) is 1.14. The molecule has 0 saturated heterocycles. The average molecular weight is 229 g/mol. The SMILES string of the molecule is CC(=O)OCC(C)Oc1ccc(Cl)cc1. The lowest BCUT2D eigenvalue weighted by atomic mass is 10.3. The maximum absolute atomic E-state index is 10.6. The van der Waals surface area contributed by atoms with E-state index in [4.69, 9.17) is 21.1 Å². The number of benzene rings is 1. The summed E-state index contributed by atoms with van der Waals surface area (Å²) in [5, 5.41) is 0.662. The van der Waals surface area contributed by atoms with E-state index in [0.717, 1.165) is 0 Å². The number of hydrogen-bond donors (Lipinski definition) is 0. The van der Waals surface area contributed by atoms with Gasteiger partial charge in [0.2, 0.25) is 0 Å². The smallest absolute Gasteiger partial charge is 0.302 e. The Morgan fingerprint density at radius 3 is 2.53 bits per heavy atom. The molecule has 1 rings (SSSR count). The Balaban J connectivity index is 2.40. The second-order valence-corrected chi connectivity index (χ2v) is 3.62. The number of carbonyl (C=O) groups is 1. The molecule has 0 aliphatic carbocycles. The van der Waals surface area contributed by atoms with E-state index in [1.807, 2.05) is 6.92 Å². The second kappa shape index (κ2) is 5.61. The summed E-state index contributed by atoms with van der Waals surface area (Å²) in [7, 11) is 0. The number of ether oxygens (including phenoxy) is 2. The summed E-state index contributed by atoms with van der Waals surface area (Å²) in [6.45, 7) is 3.45. The van der Waals surface area contributed by atoms with Gasteiger partial charge in [0, 0.05) is 11.9 Å². The maximum Gasteiger partial charge on any atom is 0.302 e. The van der Waals surface area contributed by atoms with E-state index in [9.17, 15) is 4.79 Å². The molecule has 0 aromatic heterocycles. The summed E-state index contributed by atoms with van der Waals surface area (Å²) in [5.74, 6) is 0.403. The summed E-state index contributed by atoms with van der Waals surface area (Å²) in [4.78, 5) is 10.6. The molecule has 1 unspecified atom stereocenters. The largest absolute Gasteiger partial charge is 0.487 e. The first-order valence-corrected chi connectivity index (χ1v) is 5.01. The van der Waals surface area contributed by atoms with Crippen LogP contribution in [-0.4, -0.2) is 18.7 Å². The molecule has 0 amide bonds. The normalized spacial score (nSPS) is 11.9. The van der Waals surface area contributed by atoms with Crippen LogP contribution in [0.5, 0.6) is 5.75 Å². The highest BCUT2D eigenvalue weighted by Crippen LogP contribution is 2.16. The van der Waals surface area contributed by atoms with E-state index in [2.05, 4.69) is 0 Å². The third kappa shape index (κ3) is 4.70. The Bertz CT molecular complexity index is 321. The van der Waals surface area contributed by atoms with E-state index in [0.29, 0.717) is 10.8 Å². The van der Waals surface area contributed by atoms with Gasteiger partial charge in [-0.25, -0.2) is 0 Å². The molecule has 0 bridgehead atoms. The standard InChI is InChI=1S/C11H13ClO3/c1-8(7-14-9(2)13)15-11-5-3-10(12)4-6-11/h3-6,8H,7H2,1-2H3. The van der Waals surface area contributed by atoms with Crippen molar-refractivity contribution in [1.82, 2.24) is 0 Å². The lowest BCUT2D eigenvalue weighted by molar-refractivity contribution is -0.143. The van der Waals surface area contributed by atoms with E-state index < -0.39 is 0 Å². The highest BCUT2D eigenvalue weighted by molar-refractivity contribution is 6.30. The predicted molar refractivity (Wildman–Crippen MR) is 58.2 cm³/mol. The van der Waals surface area contributed by atoms with Crippen LogP contribution in [0.1, 0.15) is 13.8 Å². The van der Waals surface area contributed by atoms with Crippen molar-refractivity contribution in [3.63, 3.8) is 0 Å². The molecule has 0 radical (unpaired) electrons. The van der Waals surface area contributed by atoms with Gasteiger partial charge in [-0.05, 0) is 31.2 Å². The summed E-state index contributed by atoms with van der Waals surface area (Å²) < 4.78 is 10.3. The molecule has 1 atom stereocenters. The monoisotopic (exact) mass is 228 g/mol. The van der Waals surface area contributed by atoms with Crippen molar-refractivity contribution in [2.75, 3.05) is 6.61 Å². The van der Waals surface area contributed by atoms with Crippen LogP contribution >= 0.6 is 11.6 Å². The molecule has 0 aliphatic rings. The van der Waals surface area contributed by atoms with Crippen LogP contribution in [0.4, 0.5) is 0 Å². The molecule has 1 aromatic carbocycles. The fraction of sp³-hybridized carbons (Fsp3) is 0.364. The number of halogens is 1. The van der Waals surface area contributed by atoms with Gasteiger partial charge in [-0.3, -0.25) is 4.79 Å². The summed E-state index contributed by atoms with van der Waals surface area (Å²) in [5.41, 5.74) is 0. The lowest BCUT2D eigenvalue weighted by Crippen LogP contribution is -2.20. The van der Waals surface area contributed by atoms with Crippen molar-refractivity contribution >= 4 is 17.6 Å². The molecule has 0 heterocycles. The van der Waals surface area contributed by atoms with E-state index in [1.54, 1.807) is 24.3 Å². The Morgan fingerprint density at radius 2 is 2.00 bits per heavy atom. The van der Waals surface area contributed by atoms with Crippen LogP contribution in [-0.2, 0) is 9.53 Å². The van der Waals surface area contributed by atoms with Gasteiger partial charge in [-0.1, -0.05) is 11.6 Å². The molecular weight excluding hydrogens is 216 g/mol. The van der Waals surface area contributed by atoms with Crippen LogP contribution < -0.4 is 4.74 Å². The number of esters is 1. The maximum atomic E-state index is 10.6. The Morgan fingerprint density at radius 1 is 1.40 bits per heavy atom. The van der Waals surface area contributed by atoms with Gasteiger partial charge in [0.1, 0.15) is 18.5 Å². The number of rotatable bonds is 4. The van der Waals surface area contributed by atoms with Crippen molar-refractivity contribution in [3.8, 4) is 5.75 Å². The lowest BCUT2D eigenvalue weighted by Gasteiger charge is -2.14. The van der Waals surface area contributed by atoms with Gasteiger partial charge in [-0.2, -0.15) is 0 Å². The van der Waals surface area contributed by atoms with Crippen molar-refractivity contribution in [1.29, 1.82) is 0 Å². The fourth-order valence-electron chi connectivity index (χ4n) is 1.01. The van der Waals surface area contributed by atoms with E-state index >= 15 is 0 Å². The van der Waals surface area contributed by atoms with Crippen molar-refractivity contribution < 1.29 is 14.3 Å². The zero-order valence-electron chi connectivity index (χ0n) is 8.70. The molecule has 0 saturated carbocycles. The highest BCUT2D eigenvalue weighted by atomic mass is 35.5. The molecule has 82 valence electrons. The first kappa shape index (κ1) is 11.9. The summed E-state index contributed by atoms with van der Waals surface area (Å²) in [6, 6.07) is 7.03. The van der Waals surface area contributed by atoms with Crippen LogP contribution in [0.3, 0.4) is 0 Å². The average Bonchev–Trinajstić information content (AvgIpc) is 2.19. The van der Waals surface area contributed by atoms with Crippen LogP contribution in [0.25, 0.3) is 0 Å². The molecule has 4 heteroatoms. The third-order valence-corrected chi connectivity index (χ3v) is 1.92. The quantitative estimate of drug-likeness (QED) is 0.744. The molecule has 1 aromatic rings. The van der Waals surface area contributed by atoms with Gasteiger partial charge < -0.3 is 9.47 Å². The van der Waals surface area contributed by atoms with Gasteiger partial charge in [0.05, 0.1) is 0 Å². The van der Waals surface area contributed by atoms with Crippen LogP contribution in [0, 0.1) is 0 Å². The molecule has 3 nitrogen and oxygen atoms in total. The van der Waals surface area contributed by atoms with Crippen LogP contribution in [0.2, 0.25) is 5.02 Å². The first-order valence-electron chi connectivity index (χ1n) is 4.63. The summed E-state index contributed by atoms with van der Waals surface area (Å²) in [6.07, 6.45) is -0.171. The Kier molecular flexibility index (Phi) is 4.43. The zero-order valence-corrected chi connectivity index (χ0v) is 9.45. The van der Waals surface area contributed by atoms with E-state index in [1.165, 1.54) is 6.92 Å². The van der Waals surface area contributed by atoms with E-state index in [-0.39, 0.29) is 18.7 Å². The zero-order chi connectivity index (χ0) is 11.3. The van der Waals surface area contributed by atoms with Crippen molar-refractivity contribution in [2.45, 2.75) is 20.0 Å². The minimum Gasteiger partial charge on any atom is -0.487 e. The van der Waals surface area contributed by atoms with Gasteiger partial charge in [0.15, 0.2) is 0 Å². The molecule has 0 spiro atoms. The first-order chi connectivity index (χ1) is 7.08. The Hall–Kier alpha value is -1.22. The molecule has 0 N–H and O–H groups in total. The third-order valence-electron chi connectivity index (χ3n) is 1.67. The Labute approximate surface area is 93.9 Å². The predicted octanol–water partition coefficient (Wildman–Crippen LogP) is 2.67. The minimum atomic E-state index is -0.304. The van der Waals surface area contributed by atoms with Crippen LogP contribution in [0.15, 0.2) is 24.3 Å². The number of carbonyl (C=O) groups excluding carboxylic acids is 1. The van der Waals surface area contributed by atoms with Gasteiger partial charge >= 0.3 is 5.97 Å². The van der Waals surface area contributed by atoms with Gasteiger partial charge in [-0.15, -0.1) is 0 Å². The molecule has 0 fully saturated rings. The summed E-state index contributed by atoms with van der Waals surface area (Å²) >= 11 is 5.73. The second-order valence-electron chi connectivity index (χ2n) is 3.18. The topological polar surface area (TPSA) is 35.5 Å².